The van der Waals surface area contributed by atoms with Crippen LogP contribution in [-0.4, -0.2) is 20.7 Å². The van der Waals surface area contributed by atoms with E-state index in [0.717, 1.165) is 46.6 Å². The Kier molecular flexibility index (Phi) is 6.63. The van der Waals surface area contributed by atoms with Crippen LogP contribution in [0.25, 0.3) is 22.9 Å². The van der Waals surface area contributed by atoms with E-state index in [2.05, 4.69) is 35.0 Å². The second-order valence-corrected chi connectivity index (χ2v) is 8.00. The molecule has 5 nitrogen and oxygen atoms in total. The standard InChI is InChI=1S/C27H27FN4O/c1-4-18(3)25-13-7-20(15-29-25)16-30-27(33)23-12-6-19(5-2)14-26-24(23)17-31-32(26)22-10-8-21(28)9-11-22/h7-15,17H,3-6,16H2,1-2H3,(H,30,33). The third-order valence-corrected chi connectivity index (χ3v) is 5.84. The normalized spacial score (nSPS) is 12.9. The summed E-state index contributed by atoms with van der Waals surface area (Å²) in [5.41, 5.74) is 6.87. The minimum Gasteiger partial charge on any atom is -0.348 e. The molecule has 1 aliphatic rings. The van der Waals surface area contributed by atoms with Crippen LogP contribution < -0.4 is 5.32 Å². The molecule has 0 spiro atoms. The van der Waals surface area contributed by atoms with E-state index < -0.39 is 0 Å². The molecule has 4 rings (SSSR count). The zero-order valence-electron chi connectivity index (χ0n) is 18.9. The lowest BCUT2D eigenvalue weighted by atomic mass is 10.1. The van der Waals surface area contributed by atoms with Crippen molar-refractivity contribution in [2.75, 3.05) is 0 Å². The van der Waals surface area contributed by atoms with Gasteiger partial charge in [0.05, 0.1) is 23.3 Å². The van der Waals surface area contributed by atoms with E-state index in [4.69, 9.17) is 0 Å². The topological polar surface area (TPSA) is 59.8 Å². The molecule has 0 unspecified atom stereocenters. The average Bonchev–Trinajstić information content (AvgIpc) is 3.15. The molecule has 1 aromatic carbocycles. The number of rotatable bonds is 7. The largest absolute Gasteiger partial charge is 0.348 e. The monoisotopic (exact) mass is 442 g/mol. The lowest BCUT2D eigenvalue weighted by Crippen LogP contribution is -2.24. The Hall–Kier alpha value is -3.80. The Balaban J connectivity index is 1.57. The van der Waals surface area contributed by atoms with Crippen molar-refractivity contribution >= 4 is 23.1 Å². The molecule has 0 atom stereocenters. The lowest BCUT2D eigenvalue weighted by Gasteiger charge is -2.10. The summed E-state index contributed by atoms with van der Waals surface area (Å²) in [5.74, 6) is -0.467. The molecule has 33 heavy (non-hydrogen) atoms. The molecular formula is C27H27FN4O. The van der Waals surface area contributed by atoms with Crippen molar-refractivity contribution in [1.29, 1.82) is 0 Å². The fourth-order valence-corrected chi connectivity index (χ4v) is 3.75. The van der Waals surface area contributed by atoms with Gasteiger partial charge in [0.15, 0.2) is 0 Å². The second-order valence-electron chi connectivity index (χ2n) is 8.00. The first-order chi connectivity index (χ1) is 16.0. The van der Waals surface area contributed by atoms with E-state index >= 15 is 0 Å². The summed E-state index contributed by atoms with van der Waals surface area (Å²) in [7, 11) is 0. The molecular weight excluding hydrogens is 415 g/mol. The van der Waals surface area contributed by atoms with E-state index in [-0.39, 0.29) is 11.7 Å². The number of aromatic nitrogens is 3. The maximum absolute atomic E-state index is 13.4. The second kappa shape index (κ2) is 9.77. The predicted molar refractivity (Wildman–Crippen MR) is 130 cm³/mol. The molecule has 6 heteroatoms. The minimum atomic E-state index is -0.303. The Morgan fingerprint density at radius 1 is 1.15 bits per heavy atom. The summed E-state index contributed by atoms with van der Waals surface area (Å²) >= 11 is 0. The number of halogens is 1. The number of hydrogen-bond donors (Lipinski definition) is 1. The summed E-state index contributed by atoms with van der Waals surface area (Å²) in [6.45, 7) is 8.52. The number of hydrogen-bond acceptors (Lipinski definition) is 3. The van der Waals surface area contributed by atoms with Crippen LogP contribution in [0.15, 0.2) is 67.0 Å². The summed E-state index contributed by atoms with van der Waals surface area (Å²) in [6.07, 6.45) is 9.90. The molecule has 1 amide bonds. The molecule has 0 fully saturated rings. The smallest absolute Gasteiger partial charge is 0.251 e. The highest BCUT2D eigenvalue weighted by molar-refractivity contribution is 6.20. The van der Waals surface area contributed by atoms with Gasteiger partial charge in [0, 0.05) is 23.9 Å². The Morgan fingerprint density at radius 2 is 1.94 bits per heavy atom. The van der Waals surface area contributed by atoms with E-state index in [1.165, 1.54) is 17.7 Å². The van der Waals surface area contributed by atoms with Crippen molar-refractivity contribution in [3.63, 3.8) is 0 Å². The van der Waals surface area contributed by atoms with Gasteiger partial charge in [-0.05, 0) is 66.8 Å². The van der Waals surface area contributed by atoms with Crippen molar-refractivity contribution in [1.82, 2.24) is 20.1 Å². The number of amides is 1. The van der Waals surface area contributed by atoms with E-state index in [9.17, 15) is 9.18 Å². The van der Waals surface area contributed by atoms with Crippen LogP contribution in [0.4, 0.5) is 4.39 Å². The van der Waals surface area contributed by atoms with Crippen LogP contribution in [0.3, 0.4) is 0 Å². The molecule has 0 aliphatic heterocycles. The third-order valence-electron chi connectivity index (χ3n) is 5.84. The quantitative estimate of drug-likeness (QED) is 0.509. The van der Waals surface area contributed by atoms with E-state index in [1.807, 2.05) is 25.1 Å². The molecule has 2 aromatic heterocycles. The summed E-state index contributed by atoms with van der Waals surface area (Å²) < 4.78 is 15.2. The molecule has 2 heterocycles. The summed E-state index contributed by atoms with van der Waals surface area (Å²) in [4.78, 5) is 17.6. The van der Waals surface area contributed by atoms with E-state index in [0.29, 0.717) is 18.5 Å². The molecule has 0 radical (unpaired) electrons. The lowest BCUT2D eigenvalue weighted by molar-refractivity contribution is -0.115. The van der Waals surface area contributed by atoms with Gasteiger partial charge in [-0.15, -0.1) is 0 Å². The Bertz CT molecular complexity index is 1230. The van der Waals surface area contributed by atoms with Crippen molar-refractivity contribution in [2.45, 2.75) is 39.7 Å². The van der Waals surface area contributed by atoms with Gasteiger partial charge < -0.3 is 5.32 Å². The van der Waals surface area contributed by atoms with Crippen molar-refractivity contribution in [3.05, 3.63) is 95.4 Å². The van der Waals surface area contributed by atoms with Gasteiger partial charge in [-0.25, -0.2) is 9.07 Å². The van der Waals surface area contributed by atoms with Gasteiger partial charge in [-0.1, -0.05) is 38.1 Å². The molecule has 0 saturated carbocycles. The molecule has 0 saturated heterocycles. The highest BCUT2D eigenvalue weighted by Crippen LogP contribution is 2.30. The van der Waals surface area contributed by atoms with Gasteiger partial charge >= 0.3 is 0 Å². The molecule has 168 valence electrons. The van der Waals surface area contributed by atoms with Crippen molar-refractivity contribution in [2.24, 2.45) is 0 Å². The summed E-state index contributed by atoms with van der Waals surface area (Å²) in [5, 5.41) is 7.51. The SMILES string of the molecule is C=C(CC)c1ccc(CNC(=O)C2=CCC(CC)=Cc3c2cnn3-c2ccc(F)cc2)cn1. The third kappa shape index (κ3) is 4.85. The summed E-state index contributed by atoms with van der Waals surface area (Å²) in [6, 6.07) is 10.1. The number of nitrogens with zero attached hydrogens (tertiary/aromatic N) is 3. The van der Waals surface area contributed by atoms with Crippen LogP contribution >= 0.6 is 0 Å². The number of nitrogens with one attached hydrogen (secondary N) is 1. The molecule has 1 aliphatic carbocycles. The number of allylic oxidation sites excluding steroid dienone is 3. The average molecular weight is 443 g/mol. The van der Waals surface area contributed by atoms with Gasteiger partial charge in [-0.2, -0.15) is 5.10 Å². The Labute approximate surface area is 193 Å². The van der Waals surface area contributed by atoms with Crippen LogP contribution in [0.5, 0.6) is 0 Å². The number of fused-ring (bicyclic) bond motifs is 1. The van der Waals surface area contributed by atoms with E-state index in [1.54, 1.807) is 29.2 Å². The van der Waals surface area contributed by atoms with Gasteiger partial charge in [0.2, 0.25) is 0 Å². The van der Waals surface area contributed by atoms with Crippen LogP contribution in [-0.2, 0) is 11.3 Å². The first kappa shape index (κ1) is 22.4. The molecule has 0 bridgehead atoms. The number of pyridine rings is 1. The minimum absolute atomic E-state index is 0.164. The van der Waals surface area contributed by atoms with Crippen LogP contribution in [0, 0.1) is 5.82 Å². The van der Waals surface area contributed by atoms with Gasteiger partial charge in [0.1, 0.15) is 5.82 Å². The molecule has 1 N–H and O–H groups in total. The molecule has 3 aromatic rings. The fourth-order valence-electron chi connectivity index (χ4n) is 3.75. The van der Waals surface area contributed by atoms with Crippen LogP contribution in [0.1, 0.15) is 55.6 Å². The zero-order valence-corrected chi connectivity index (χ0v) is 18.9. The zero-order chi connectivity index (χ0) is 23.4. The fraction of sp³-hybridized carbons (Fsp3) is 0.222. The highest BCUT2D eigenvalue weighted by Gasteiger charge is 2.22. The first-order valence-electron chi connectivity index (χ1n) is 11.1. The van der Waals surface area contributed by atoms with Gasteiger partial charge in [-0.3, -0.25) is 9.78 Å². The maximum atomic E-state index is 13.4. The van der Waals surface area contributed by atoms with Gasteiger partial charge in [0.25, 0.3) is 5.91 Å². The van der Waals surface area contributed by atoms with Crippen molar-refractivity contribution < 1.29 is 9.18 Å². The number of carbonyl (C=O) groups excluding carboxylic acids is 1. The number of carbonyl (C=O) groups is 1. The highest BCUT2D eigenvalue weighted by atomic mass is 19.1. The van der Waals surface area contributed by atoms with Crippen molar-refractivity contribution in [3.8, 4) is 5.69 Å². The predicted octanol–water partition coefficient (Wildman–Crippen LogP) is 5.73. The maximum Gasteiger partial charge on any atom is 0.251 e. The Morgan fingerprint density at radius 3 is 2.61 bits per heavy atom. The first-order valence-corrected chi connectivity index (χ1v) is 11.1. The van der Waals surface area contributed by atoms with Crippen LogP contribution in [0.2, 0.25) is 0 Å². The number of benzene rings is 1.